The van der Waals surface area contributed by atoms with Crippen LogP contribution in [0.25, 0.3) is 55.1 Å². The Labute approximate surface area is 295 Å². The maximum absolute atomic E-state index is 6.66. The Morgan fingerprint density at radius 1 is 0.529 bits per heavy atom. The second-order valence-electron chi connectivity index (χ2n) is 13.0. The van der Waals surface area contributed by atoms with Crippen molar-refractivity contribution in [3.8, 4) is 17.3 Å². The largest absolute Gasteiger partial charge is 0.457 e. The molecule has 10 rings (SSSR count). The number of hydrogen-bond acceptors (Lipinski definition) is 4. The van der Waals surface area contributed by atoms with E-state index in [2.05, 4.69) is 184 Å². The van der Waals surface area contributed by atoms with Crippen LogP contribution >= 0.6 is 0 Å². The molecule has 1 aliphatic heterocycles. The number of ether oxygens (including phenoxy) is 1. The number of para-hydroxylation sites is 3. The summed E-state index contributed by atoms with van der Waals surface area (Å²) in [5.41, 5.74) is 9.00. The van der Waals surface area contributed by atoms with Gasteiger partial charge in [-0.1, -0.05) is 91.0 Å². The summed E-state index contributed by atoms with van der Waals surface area (Å²) < 4.78 is 11.2. The molecule has 0 fully saturated rings. The minimum atomic E-state index is 0.692. The molecule has 3 aromatic heterocycles. The SMILES string of the molecule is Cn1c2ccccc2c2cnc(-n3c4ccccc4c4ccc(Oc5cccc(N6CN(c7ccccc7)C=C6c6ccccc6)c5)cc43)cc21. The van der Waals surface area contributed by atoms with E-state index in [1.54, 1.807) is 0 Å². The van der Waals surface area contributed by atoms with E-state index in [9.17, 15) is 0 Å². The van der Waals surface area contributed by atoms with Crippen LogP contribution in [0.15, 0.2) is 170 Å². The van der Waals surface area contributed by atoms with E-state index in [0.29, 0.717) is 6.67 Å². The van der Waals surface area contributed by atoms with E-state index in [-0.39, 0.29) is 0 Å². The molecule has 6 nitrogen and oxygen atoms in total. The summed E-state index contributed by atoms with van der Waals surface area (Å²) in [6, 6.07) is 55.0. The van der Waals surface area contributed by atoms with Crippen molar-refractivity contribution >= 4 is 60.7 Å². The average molecular weight is 660 g/mol. The zero-order valence-corrected chi connectivity index (χ0v) is 28.0. The summed E-state index contributed by atoms with van der Waals surface area (Å²) >= 11 is 0. The highest BCUT2D eigenvalue weighted by Gasteiger charge is 2.25. The number of rotatable bonds is 6. The van der Waals surface area contributed by atoms with Crippen LogP contribution < -0.4 is 14.5 Å². The summed E-state index contributed by atoms with van der Waals surface area (Å²) in [5.74, 6) is 2.41. The molecule has 6 heteroatoms. The lowest BCUT2D eigenvalue weighted by Crippen LogP contribution is -2.26. The minimum absolute atomic E-state index is 0.692. The maximum atomic E-state index is 6.66. The first-order valence-corrected chi connectivity index (χ1v) is 17.2. The molecule has 0 amide bonds. The molecule has 0 saturated heterocycles. The van der Waals surface area contributed by atoms with Crippen LogP contribution in [0.5, 0.6) is 11.5 Å². The van der Waals surface area contributed by atoms with Crippen molar-refractivity contribution in [2.45, 2.75) is 0 Å². The van der Waals surface area contributed by atoms with Gasteiger partial charge in [0.15, 0.2) is 0 Å². The van der Waals surface area contributed by atoms with Gasteiger partial charge in [0, 0.05) is 76.1 Å². The van der Waals surface area contributed by atoms with E-state index in [0.717, 1.165) is 67.3 Å². The van der Waals surface area contributed by atoms with E-state index < -0.39 is 0 Å². The van der Waals surface area contributed by atoms with Crippen molar-refractivity contribution in [2.75, 3.05) is 16.5 Å². The highest BCUT2D eigenvalue weighted by molar-refractivity contribution is 6.11. The first-order chi connectivity index (χ1) is 25.2. The standard InChI is InChI=1S/C45H33N5O/c1-47-40-21-10-8-20-37(40)39-28-46-45(27-42(39)47)50-41-22-11-9-19-36(41)38-24-23-35(26-43(38)50)51-34-18-12-17-33(25-34)49-30-48(32-15-6-3-7-16-32)29-44(49)31-13-4-2-5-14-31/h2-29H,30H2,1H3. The van der Waals surface area contributed by atoms with Crippen molar-refractivity contribution < 1.29 is 4.74 Å². The molecule has 0 aliphatic carbocycles. The number of nitrogens with zero attached hydrogens (tertiary/aromatic N) is 5. The molecule has 0 spiro atoms. The van der Waals surface area contributed by atoms with Gasteiger partial charge in [-0.25, -0.2) is 4.98 Å². The fraction of sp³-hybridized carbons (Fsp3) is 0.0444. The highest BCUT2D eigenvalue weighted by Crippen LogP contribution is 2.39. The van der Waals surface area contributed by atoms with Crippen molar-refractivity contribution in [3.63, 3.8) is 0 Å². The first kappa shape index (κ1) is 29.2. The van der Waals surface area contributed by atoms with E-state index in [1.165, 1.54) is 16.3 Å². The van der Waals surface area contributed by atoms with Crippen LogP contribution in [0.3, 0.4) is 0 Å². The zero-order valence-electron chi connectivity index (χ0n) is 28.0. The number of benzene rings is 6. The molecule has 51 heavy (non-hydrogen) atoms. The van der Waals surface area contributed by atoms with Crippen LogP contribution in [0.2, 0.25) is 0 Å². The molecule has 0 bridgehead atoms. The monoisotopic (exact) mass is 659 g/mol. The fourth-order valence-electron chi connectivity index (χ4n) is 7.60. The molecule has 0 saturated carbocycles. The third kappa shape index (κ3) is 4.83. The predicted octanol–water partition coefficient (Wildman–Crippen LogP) is 10.9. The Morgan fingerprint density at radius 2 is 1.20 bits per heavy atom. The van der Waals surface area contributed by atoms with E-state index >= 15 is 0 Å². The lowest BCUT2D eigenvalue weighted by Gasteiger charge is -2.25. The molecule has 6 aromatic carbocycles. The third-order valence-corrected chi connectivity index (χ3v) is 10.0. The molecular formula is C45H33N5O. The fourth-order valence-corrected chi connectivity index (χ4v) is 7.60. The molecule has 9 aromatic rings. The van der Waals surface area contributed by atoms with Crippen molar-refractivity contribution in [1.29, 1.82) is 0 Å². The van der Waals surface area contributed by atoms with Gasteiger partial charge in [0.2, 0.25) is 0 Å². The first-order valence-electron chi connectivity index (χ1n) is 17.2. The van der Waals surface area contributed by atoms with Gasteiger partial charge < -0.3 is 19.1 Å². The second-order valence-corrected chi connectivity index (χ2v) is 13.0. The summed E-state index contributed by atoms with van der Waals surface area (Å²) in [5, 5.41) is 4.69. The van der Waals surface area contributed by atoms with Gasteiger partial charge in [-0.3, -0.25) is 4.57 Å². The Hall–Kier alpha value is -6.79. The summed E-state index contributed by atoms with van der Waals surface area (Å²) in [6.07, 6.45) is 4.24. The Morgan fingerprint density at radius 3 is 2.02 bits per heavy atom. The Balaban J connectivity index is 1.04. The molecular weight excluding hydrogens is 627 g/mol. The number of aryl methyl sites for hydroxylation is 1. The van der Waals surface area contributed by atoms with Crippen LogP contribution in [-0.2, 0) is 7.05 Å². The number of anilines is 2. The normalized spacial score (nSPS) is 13.2. The third-order valence-electron chi connectivity index (χ3n) is 10.0. The molecule has 0 radical (unpaired) electrons. The summed E-state index contributed by atoms with van der Waals surface area (Å²) in [6.45, 7) is 0.692. The van der Waals surface area contributed by atoms with Crippen molar-refractivity contribution in [3.05, 3.63) is 176 Å². The smallest absolute Gasteiger partial charge is 0.139 e. The van der Waals surface area contributed by atoms with Crippen molar-refractivity contribution in [2.24, 2.45) is 7.05 Å². The van der Waals surface area contributed by atoms with Gasteiger partial charge in [0.25, 0.3) is 0 Å². The quantitative estimate of drug-likeness (QED) is 0.178. The molecule has 0 atom stereocenters. The minimum Gasteiger partial charge on any atom is -0.457 e. The van der Waals surface area contributed by atoms with Crippen LogP contribution in [0, 0.1) is 0 Å². The van der Waals surface area contributed by atoms with E-state index in [4.69, 9.17) is 9.72 Å². The zero-order chi connectivity index (χ0) is 33.9. The maximum Gasteiger partial charge on any atom is 0.139 e. The molecule has 4 heterocycles. The van der Waals surface area contributed by atoms with Gasteiger partial charge in [0.1, 0.15) is 17.3 Å². The van der Waals surface area contributed by atoms with E-state index in [1.807, 2.05) is 12.3 Å². The number of hydrogen-bond donors (Lipinski definition) is 0. The topological polar surface area (TPSA) is 38.5 Å². The predicted molar refractivity (Wildman–Crippen MR) is 210 cm³/mol. The van der Waals surface area contributed by atoms with Crippen molar-refractivity contribution in [1.82, 2.24) is 14.1 Å². The Bertz CT molecular complexity index is 2780. The molecule has 0 unspecified atom stereocenters. The Kier molecular flexibility index (Phi) is 6.67. The van der Waals surface area contributed by atoms with Gasteiger partial charge in [-0.05, 0) is 54.1 Å². The van der Waals surface area contributed by atoms with Gasteiger partial charge in [-0.15, -0.1) is 0 Å². The lowest BCUT2D eigenvalue weighted by atomic mass is 10.1. The number of pyridine rings is 1. The lowest BCUT2D eigenvalue weighted by molar-refractivity contribution is 0.483. The molecule has 1 aliphatic rings. The summed E-state index contributed by atoms with van der Waals surface area (Å²) in [4.78, 5) is 9.66. The number of fused-ring (bicyclic) bond motifs is 6. The van der Waals surface area contributed by atoms with Crippen LogP contribution in [-0.4, -0.2) is 20.8 Å². The van der Waals surface area contributed by atoms with Crippen LogP contribution in [0.4, 0.5) is 11.4 Å². The average Bonchev–Trinajstić information content (AvgIpc) is 3.86. The summed E-state index contributed by atoms with van der Waals surface area (Å²) in [7, 11) is 2.13. The van der Waals surface area contributed by atoms with Gasteiger partial charge in [0.05, 0.1) is 28.9 Å². The van der Waals surface area contributed by atoms with Crippen LogP contribution in [0.1, 0.15) is 5.56 Å². The second kappa shape index (κ2) is 11.7. The highest BCUT2D eigenvalue weighted by atomic mass is 16.5. The van der Waals surface area contributed by atoms with Gasteiger partial charge in [-0.2, -0.15) is 0 Å². The number of aromatic nitrogens is 3. The molecule has 244 valence electrons. The van der Waals surface area contributed by atoms with Gasteiger partial charge >= 0.3 is 0 Å². The molecule has 0 N–H and O–H groups in total.